The molecule has 1 aliphatic rings. The van der Waals surface area contributed by atoms with E-state index >= 15 is 0 Å². The van der Waals surface area contributed by atoms with Crippen LogP contribution in [0.4, 0.5) is 0 Å². The fourth-order valence-electron chi connectivity index (χ4n) is 3.16. The van der Waals surface area contributed by atoms with E-state index in [-0.39, 0.29) is 18.2 Å². The minimum atomic E-state index is 0.0403. The van der Waals surface area contributed by atoms with Crippen molar-refractivity contribution in [2.45, 2.75) is 72.1 Å². The van der Waals surface area contributed by atoms with Crippen LogP contribution >= 0.6 is 0 Å². The Hall–Kier alpha value is -1.16. The SMILES string of the molecule is CCCC/C=C/CCC1N=CC[N+]1(CC)C(C)NC(C)=O. The van der Waals surface area contributed by atoms with Crippen molar-refractivity contribution in [3.63, 3.8) is 0 Å². The number of aliphatic imine (C=N–C) groups is 1. The van der Waals surface area contributed by atoms with Crippen molar-refractivity contribution in [2.75, 3.05) is 13.1 Å². The van der Waals surface area contributed by atoms with Crippen LogP contribution in [0, 0.1) is 0 Å². The van der Waals surface area contributed by atoms with Gasteiger partial charge in [-0.2, -0.15) is 0 Å². The van der Waals surface area contributed by atoms with Gasteiger partial charge in [0.15, 0.2) is 12.3 Å². The number of allylic oxidation sites excluding steroid dienone is 2. The Morgan fingerprint density at radius 1 is 1.43 bits per heavy atom. The molecule has 0 fully saturated rings. The van der Waals surface area contributed by atoms with Gasteiger partial charge in [0.05, 0.1) is 12.8 Å². The van der Waals surface area contributed by atoms with Crippen LogP contribution in [0.3, 0.4) is 0 Å². The molecule has 0 radical (unpaired) electrons. The van der Waals surface area contributed by atoms with Gasteiger partial charge < -0.3 is 5.32 Å². The van der Waals surface area contributed by atoms with E-state index in [9.17, 15) is 4.79 Å². The molecular weight excluding hydrogens is 262 g/mol. The first-order chi connectivity index (χ1) is 10.1. The highest BCUT2D eigenvalue weighted by molar-refractivity contribution is 5.73. The second-order valence-electron chi connectivity index (χ2n) is 5.98. The molecule has 21 heavy (non-hydrogen) atoms. The van der Waals surface area contributed by atoms with E-state index in [0.717, 1.165) is 30.4 Å². The monoisotopic (exact) mass is 294 g/mol. The Bertz CT molecular complexity index is 378. The van der Waals surface area contributed by atoms with Gasteiger partial charge in [-0.15, -0.1) is 0 Å². The summed E-state index contributed by atoms with van der Waals surface area (Å²) < 4.78 is 0.850. The van der Waals surface area contributed by atoms with Crippen molar-refractivity contribution in [1.29, 1.82) is 0 Å². The van der Waals surface area contributed by atoms with E-state index in [4.69, 9.17) is 0 Å². The topological polar surface area (TPSA) is 41.5 Å². The standard InChI is InChI=1S/C17H31N3O/c1-5-7-8-9-10-11-12-17-18-13-14-20(17,6-2)15(3)19-16(4)21/h9-10,13,15,17H,5-8,11-12,14H2,1-4H3/p+1/b10-9+. The van der Waals surface area contributed by atoms with Crippen molar-refractivity contribution in [3.8, 4) is 0 Å². The van der Waals surface area contributed by atoms with Crippen LogP contribution in [0.2, 0.25) is 0 Å². The number of carbonyl (C=O) groups excluding carboxylic acids is 1. The average Bonchev–Trinajstić information content (AvgIpc) is 2.86. The van der Waals surface area contributed by atoms with Crippen molar-refractivity contribution >= 4 is 12.1 Å². The zero-order chi connectivity index (χ0) is 15.7. The Kier molecular flexibility index (Phi) is 7.65. The fourth-order valence-corrected chi connectivity index (χ4v) is 3.16. The van der Waals surface area contributed by atoms with E-state index in [0.29, 0.717) is 0 Å². The molecule has 1 heterocycles. The molecule has 0 aromatic carbocycles. The van der Waals surface area contributed by atoms with Crippen molar-refractivity contribution in [3.05, 3.63) is 12.2 Å². The van der Waals surface area contributed by atoms with Gasteiger partial charge in [0, 0.05) is 20.3 Å². The Morgan fingerprint density at radius 2 is 2.14 bits per heavy atom. The van der Waals surface area contributed by atoms with Crippen LogP contribution in [0.1, 0.15) is 59.8 Å². The van der Waals surface area contributed by atoms with Gasteiger partial charge in [0.25, 0.3) is 0 Å². The maximum atomic E-state index is 11.4. The predicted octanol–water partition coefficient (Wildman–Crippen LogP) is 3.24. The lowest BCUT2D eigenvalue weighted by Crippen LogP contribution is -2.63. The van der Waals surface area contributed by atoms with Crippen LogP contribution in [0.15, 0.2) is 17.1 Å². The molecule has 1 N–H and O–H groups in total. The molecule has 1 amide bonds. The van der Waals surface area contributed by atoms with Gasteiger partial charge in [-0.3, -0.25) is 9.28 Å². The molecule has 0 aromatic heterocycles. The highest BCUT2D eigenvalue weighted by Gasteiger charge is 2.42. The van der Waals surface area contributed by atoms with Gasteiger partial charge in [0.2, 0.25) is 5.91 Å². The molecule has 3 atom stereocenters. The smallest absolute Gasteiger partial charge is 0.221 e. The predicted molar refractivity (Wildman–Crippen MR) is 89.1 cm³/mol. The molecule has 0 saturated carbocycles. The summed E-state index contributed by atoms with van der Waals surface area (Å²) in [4.78, 5) is 16.0. The maximum absolute atomic E-state index is 11.4. The third-order valence-corrected chi connectivity index (χ3v) is 4.55. The highest BCUT2D eigenvalue weighted by Crippen LogP contribution is 2.26. The van der Waals surface area contributed by atoms with E-state index in [1.165, 1.54) is 19.3 Å². The second kappa shape index (κ2) is 8.98. The maximum Gasteiger partial charge on any atom is 0.221 e. The quantitative estimate of drug-likeness (QED) is 0.396. The van der Waals surface area contributed by atoms with Gasteiger partial charge in [-0.05, 0) is 19.8 Å². The number of carbonyl (C=O) groups is 1. The van der Waals surface area contributed by atoms with Crippen LogP contribution in [0.5, 0.6) is 0 Å². The van der Waals surface area contributed by atoms with E-state index in [1.54, 1.807) is 6.92 Å². The molecule has 4 nitrogen and oxygen atoms in total. The van der Waals surface area contributed by atoms with Crippen LogP contribution in [0.25, 0.3) is 0 Å². The molecule has 120 valence electrons. The Balaban J connectivity index is 2.56. The van der Waals surface area contributed by atoms with Crippen molar-refractivity contribution in [2.24, 2.45) is 4.99 Å². The summed E-state index contributed by atoms with van der Waals surface area (Å²) in [6, 6.07) is 0. The summed E-state index contributed by atoms with van der Waals surface area (Å²) in [5.41, 5.74) is 0. The van der Waals surface area contributed by atoms with Crippen LogP contribution in [-0.4, -0.2) is 42.0 Å². The van der Waals surface area contributed by atoms with Crippen LogP contribution < -0.4 is 5.32 Å². The molecule has 0 bridgehead atoms. The number of hydrogen-bond donors (Lipinski definition) is 1. The number of nitrogens with one attached hydrogen (secondary N) is 1. The Morgan fingerprint density at radius 3 is 2.76 bits per heavy atom. The largest absolute Gasteiger partial charge is 0.307 e. The van der Waals surface area contributed by atoms with Gasteiger partial charge in [-0.25, -0.2) is 4.99 Å². The lowest BCUT2D eigenvalue weighted by atomic mass is 10.1. The van der Waals surface area contributed by atoms with Gasteiger partial charge >= 0.3 is 0 Å². The number of quaternary nitrogens is 1. The van der Waals surface area contributed by atoms with E-state index in [2.05, 4.69) is 43.2 Å². The van der Waals surface area contributed by atoms with E-state index in [1.807, 2.05) is 6.21 Å². The number of hydrogen-bond acceptors (Lipinski definition) is 2. The first kappa shape index (κ1) is 17.9. The molecule has 0 saturated heterocycles. The summed E-state index contributed by atoms with van der Waals surface area (Å²) in [6.07, 6.45) is 12.8. The summed E-state index contributed by atoms with van der Waals surface area (Å²) in [5, 5.41) is 3.06. The Labute approximate surface area is 129 Å². The van der Waals surface area contributed by atoms with Gasteiger partial charge in [-0.1, -0.05) is 31.9 Å². The molecule has 0 aliphatic carbocycles. The van der Waals surface area contributed by atoms with Crippen molar-refractivity contribution in [1.82, 2.24) is 5.32 Å². The van der Waals surface area contributed by atoms with Crippen LogP contribution in [-0.2, 0) is 4.79 Å². The molecule has 4 heteroatoms. The second-order valence-corrected chi connectivity index (χ2v) is 5.98. The summed E-state index contributed by atoms with van der Waals surface area (Å²) in [6.45, 7) is 10.0. The molecule has 3 unspecified atom stereocenters. The number of nitrogens with zero attached hydrogens (tertiary/aromatic N) is 2. The third-order valence-electron chi connectivity index (χ3n) is 4.55. The molecule has 0 aromatic rings. The first-order valence-electron chi connectivity index (χ1n) is 8.37. The number of rotatable bonds is 9. The van der Waals surface area contributed by atoms with E-state index < -0.39 is 0 Å². The third kappa shape index (κ3) is 4.95. The lowest BCUT2D eigenvalue weighted by molar-refractivity contribution is -0.959. The summed E-state index contributed by atoms with van der Waals surface area (Å²) >= 11 is 0. The molecule has 0 spiro atoms. The first-order valence-corrected chi connectivity index (χ1v) is 8.37. The molecule has 1 aliphatic heterocycles. The molecule has 1 rings (SSSR count). The minimum absolute atomic E-state index is 0.0403. The fraction of sp³-hybridized carbons (Fsp3) is 0.765. The normalized spacial score (nSPS) is 26.4. The lowest BCUT2D eigenvalue weighted by Gasteiger charge is -2.42. The number of unbranched alkanes of at least 4 members (excludes halogenated alkanes) is 2. The summed E-state index contributed by atoms with van der Waals surface area (Å²) in [7, 11) is 0. The van der Waals surface area contributed by atoms with Gasteiger partial charge in [0.1, 0.15) is 6.54 Å². The number of amides is 1. The zero-order valence-electron chi connectivity index (χ0n) is 14.1. The van der Waals surface area contributed by atoms with Crippen molar-refractivity contribution < 1.29 is 9.28 Å². The summed E-state index contributed by atoms with van der Waals surface area (Å²) in [5.74, 6) is 0.0403. The average molecular weight is 294 g/mol. The minimum Gasteiger partial charge on any atom is -0.307 e. The zero-order valence-corrected chi connectivity index (χ0v) is 14.1. The highest BCUT2D eigenvalue weighted by atomic mass is 16.1. The molecular formula is C17H32N3O+.